The van der Waals surface area contributed by atoms with E-state index >= 15 is 0 Å². The van der Waals surface area contributed by atoms with Crippen molar-refractivity contribution in [3.63, 3.8) is 0 Å². The fourth-order valence-corrected chi connectivity index (χ4v) is 2.40. The largest absolute Gasteiger partial charge is 0.490 e. The number of amides is 1. The molecule has 0 aliphatic heterocycles. The monoisotopic (exact) mass is 307 g/mol. The van der Waals surface area contributed by atoms with Crippen LogP contribution in [0.15, 0.2) is 18.2 Å². The maximum Gasteiger partial charge on any atom is 0.329 e. The molecule has 0 heterocycles. The van der Waals surface area contributed by atoms with Gasteiger partial charge in [0.15, 0.2) is 11.5 Å². The number of carboxylic acid groups (broad SMARTS) is 1. The highest BCUT2D eigenvalue weighted by Gasteiger charge is 2.45. The first-order valence-electron chi connectivity index (χ1n) is 7.48. The summed E-state index contributed by atoms with van der Waals surface area (Å²) in [5, 5.41) is 11.9. The number of hydrogen-bond donors (Lipinski definition) is 2. The number of nitrogens with one attached hydrogen (secondary N) is 1. The number of rotatable bonds is 7. The Kier molecular flexibility index (Phi) is 4.90. The average Bonchev–Trinajstić information content (AvgIpc) is 2.44. The van der Waals surface area contributed by atoms with Gasteiger partial charge in [0, 0.05) is 5.56 Å². The Bertz CT molecular complexity index is 566. The van der Waals surface area contributed by atoms with Crippen LogP contribution >= 0.6 is 0 Å². The summed E-state index contributed by atoms with van der Waals surface area (Å²) in [7, 11) is 0. The number of benzene rings is 1. The van der Waals surface area contributed by atoms with Crippen LogP contribution in [0, 0.1) is 0 Å². The van der Waals surface area contributed by atoms with E-state index < -0.39 is 17.4 Å². The molecule has 2 N–H and O–H groups in total. The number of hydrogen-bond acceptors (Lipinski definition) is 4. The molecule has 2 rings (SSSR count). The van der Waals surface area contributed by atoms with Gasteiger partial charge < -0.3 is 19.9 Å². The van der Waals surface area contributed by atoms with Crippen LogP contribution in [0.2, 0.25) is 0 Å². The molecule has 1 aliphatic carbocycles. The predicted octanol–water partition coefficient (Wildman–Crippen LogP) is 2.22. The average molecular weight is 307 g/mol. The third-order valence-corrected chi connectivity index (χ3v) is 3.77. The van der Waals surface area contributed by atoms with Crippen LogP contribution in [0.4, 0.5) is 0 Å². The van der Waals surface area contributed by atoms with Crippen LogP contribution in [-0.2, 0) is 4.79 Å². The molecular formula is C16H21NO5. The SMILES string of the molecule is CCOc1ccc(C(=O)NC2(C(=O)O)CCC2)cc1OCC. The lowest BCUT2D eigenvalue weighted by Gasteiger charge is -2.38. The molecule has 22 heavy (non-hydrogen) atoms. The van der Waals surface area contributed by atoms with E-state index in [0.29, 0.717) is 43.1 Å². The van der Waals surface area contributed by atoms with E-state index in [1.807, 2.05) is 13.8 Å². The molecule has 1 aromatic rings. The smallest absolute Gasteiger partial charge is 0.329 e. The van der Waals surface area contributed by atoms with Crippen molar-refractivity contribution in [1.82, 2.24) is 5.32 Å². The molecule has 0 spiro atoms. The van der Waals surface area contributed by atoms with Gasteiger partial charge in [-0.3, -0.25) is 4.79 Å². The lowest BCUT2D eigenvalue weighted by Crippen LogP contribution is -2.59. The molecule has 6 nitrogen and oxygen atoms in total. The lowest BCUT2D eigenvalue weighted by molar-refractivity contribution is -0.148. The molecule has 0 atom stereocenters. The van der Waals surface area contributed by atoms with Crippen LogP contribution in [0.3, 0.4) is 0 Å². The van der Waals surface area contributed by atoms with Gasteiger partial charge in [-0.15, -0.1) is 0 Å². The quantitative estimate of drug-likeness (QED) is 0.807. The maximum absolute atomic E-state index is 12.3. The van der Waals surface area contributed by atoms with Crippen molar-refractivity contribution < 1.29 is 24.2 Å². The van der Waals surface area contributed by atoms with Gasteiger partial charge in [-0.25, -0.2) is 4.79 Å². The summed E-state index contributed by atoms with van der Waals surface area (Å²) in [5.74, 6) is -0.346. The van der Waals surface area contributed by atoms with Crippen molar-refractivity contribution in [2.24, 2.45) is 0 Å². The Balaban J connectivity index is 2.19. The van der Waals surface area contributed by atoms with Gasteiger partial charge in [-0.1, -0.05) is 0 Å². The molecule has 0 radical (unpaired) electrons. The van der Waals surface area contributed by atoms with Gasteiger partial charge in [-0.05, 0) is 51.3 Å². The van der Waals surface area contributed by atoms with E-state index in [1.54, 1.807) is 18.2 Å². The predicted molar refractivity (Wildman–Crippen MR) is 80.5 cm³/mol. The second-order valence-electron chi connectivity index (χ2n) is 5.22. The van der Waals surface area contributed by atoms with Crippen molar-refractivity contribution in [1.29, 1.82) is 0 Å². The van der Waals surface area contributed by atoms with E-state index in [1.165, 1.54) is 0 Å². The standard InChI is InChI=1S/C16H21NO5/c1-3-21-12-7-6-11(10-13(12)22-4-2)14(18)17-16(15(19)20)8-5-9-16/h6-7,10H,3-5,8-9H2,1-2H3,(H,17,18)(H,19,20). The summed E-state index contributed by atoms with van der Waals surface area (Å²) in [6, 6.07) is 4.85. The number of ether oxygens (including phenoxy) is 2. The molecule has 1 aromatic carbocycles. The molecule has 120 valence electrons. The van der Waals surface area contributed by atoms with Crippen LogP contribution in [0.25, 0.3) is 0 Å². The molecule has 1 saturated carbocycles. The zero-order chi connectivity index (χ0) is 16.2. The zero-order valence-corrected chi connectivity index (χ0v) is 12.8. The summed E-state index contributed by atoms with van der Waals surface area (Å²) in [5.41, 5.74) is -0.763. The molecule has 0 aromatic heterocycles. The minimum atomic E-state index is -1.12. The number of carboxylic acids is 1. The number of carbonyl (C=O) groups excluding carboxylic acids is 1. The Morgan fingerprint density at radius 1 is 1.18 bits per heavy atom. The highest BCUT2D eigenvalue weighted by atomic mass is 16.5. The van der Waals surface area contributed by atoms with Crippen LogP contribution in [0.5, 0.6) is 11.5 Å². The lowest BCUT2D eigenvalue weighted by atomic mass is 9.76. The first kappa shape index (κ1) is 16.1. The van der Waals surface area contributed by atoms with Crippen molar-refractivity contribution in [3.8, 4) is 11.5 Å². The molecular weight excluding hydrogens is 286 g/mol. The van der Waals surface area contributed by atoms with E-state index in [2.05, 4.69) is 5.32 Å². The van der Waals surface area contributed by atoms with E-state index in [0.717, 1.165) is 6.42 Å². The topological polar surface area (TPSA) is 84.9 Å². The van der Waals surface area contributed by atoms with E-state index in [4.69, 9.17) is 9.47 Å². The number of carbonyl (C=O) groups is 2. The third-order valence-electron chi connectivity index (χ3n) is 3.77. The third kappa shape index (κ3) is 3.16. The van der Waals surface area contributed by atoms with Crippen LogP contribution in [-0.4, -0.2) is 35.7 Å². The number of aliphatic carboxylic acids is 1. The molecule has 1 fully saturated rings. The fourth-order valence-electron chi connectivity index (χ4n) is 2.40. The minimum absolute atomic E-state index is 0.361. The van der Waals surface area contributed by atoms with Gasteiger partial charge >= 0.3 is 5.97 Å². The first-order valence-corrected chi connectivity index (χ1v) is 7.48. The Morgan fingerprint density at radius 2 is 1.82 bits per heavy atom. The second kappa shape index (κ2) is 6.68. The summed E-state index contributed by atoms with van der Waals surface area (Å²) in [4.78, 5) is 23.6. The van der Waals surface area contributed by atoms with Crippen molar-refractivity contribution in [3.05, 3.63) is 23.8 Å². The first-order chi connectivity index (χ1) is 10.5. The highest BCUT2D eigenvalue weighted by molar-refractivity contribution is 5.98. The summed E-state index contributed by atoms with van der Waals surface area (Å²) in [6.45, 7) is 4.65. The van der Waals surface area contributed by atoms with Gasteiger partial charge in [0.2, 0.25) is 0 Å². The van der Waals surface area contributed by atoms with Gasteiger partial charge in [-0.2, -0.15) is 0 Å². The second-order valence-corrected chi connectivity index (χ2v) is 5.22. The molecule has 1 amide bonds. The Morgan fingerprint density at radius 3 is 2.32 bits per heavy atom. The Hall–Kier alpha value is -2.24. The molecule has 1 aliphatic rings. The molecule has 0 unspecified atom stereocenters. The molecule has 0 bridgehead atoms. The van der Waals surface area contributed by atoms with Crippen LogP contribution < -0.4 is 14.8 Å². The van der Waals surface area contributed by atoms with Crippen LogP contribution in [0.1, 0.15) is 43.5 Å². The highest BCUT2D eigenvalue weighted by Crippen LogP contribution is 2.33. The maximum atomic E-state index is 12.3. The normalized spacial score (nSPS) is 15.5. The summed E-state index contributed by atoms with van der Waals surface area (Å²) >= 11 is 0. The molecule has 6 heteroatoms. The Labute approximate surface area is 129 Å². The zero-order valence-electron chi connectivity index (χ0n) is 12.8. The van der Waals surface area contributed by atoms with E-state index in [-0.39, 0.29) is 0 Å². The molecule has 0 saturated heterocycles. The fraction of sp³-hybridized carbons (Fsp3) is 0.500. The van der Waals surface area contributed by atoms with Crippen molar-refractivity contribution in [2.45, 2.75) is 38.6 Å². The van der Waals surface area contributed by atoms with Crippen molar-refractivity contribution >= 4 is 11.9 Å². The van der Waals surface area contributed by atoms with Gasteiger partial charge in [0.25, 0.3) is 5.91 Å². The summed E-state index contributed by atoms with van der Waals surface area (Å²) in [6.07, 6.45) is 1.73. The van der Waals surface area contributed by atoms with Crippen molar-refractivity contribution in [2.75, 3.05) is 13.2 Å². The van der Waals surface area contributed by atoms with Gasteiger partial charge in [0.1, 0.15) is 5.54 Å². The minimum Gasteiger partial charge on any atom is -0.490 e. The van der Waals surface area contributed by atoms with E-state index in [9.17, 15) is 14.7 Å². The summed E-state index contributed by atoms with van der Waals surface area (Å²) < 4.78 is 10.9. The van der Waals surface area contributed by atoms with Gasteiger partial charge in [0.05, 0.1) is 13.2 Å².